The van der Waals surface area contributed by atoms with E-state index in [1.54, 1.807) is 19.3 Å². The molecule has 0 saturated heterocycles. The third-order valence-electron chi connectivity index (χ3n) is 1.22. The molecule has 0 rings (SSSR count). The fourth-order valence-electron chi connectivity index (χ4n) is 0.403. The van der Waals surface area contributed by atoms with Gasteiger partial charge in [-0.05, 0) is 6.92 Å². The standard InChI is InChI=1S/C8H12ClNO/c1-6(8(9)10)4-5-7(2)11-3/h4-5,7,10H,1H2,2-3H3/b5-4-,10-8?. The molecule has 0 aliphatic heterocycles. The van der Waals surface area contributed by atoms with E-state index in [9.17, 15) is 0 Å². The summed E-state index contributed by atoms with van der Waals surface area (Å²) in [6.45, 7) is 5.45. The lowest BCUT2D eigenvalue weighted by atomic mass is 10.2. The first-order chi connectivity index (χ1) is 5.07. The molecule has 0 radical (unpaired) electrons. The number of hydrogen-bond acceptors (Lipinski definition) is 2. The molecule has 1 atom stereocenters. The van der Waals surface area contributed by atoms with Gasteiger partial charge < -0.3 is 4.74 Å². The number of nitrogens with one attached hydrogen (secondary N) is 1. The van der Waals surface area contributed by atoms with Crippen LogP contribution in [0.15, 0.2) is 24.3 Å². The van der Waals surface area contributed by atoms with Gasteiger partial charge in [0.15, 0.2) is 0 Å². The van der Waals surface area contributed by atoms with Crippen LogP contribution in [-0.4, -0.2) is 18.4 Å². The monoisotopic (exact) mass is 173 g/mol. The molecule has 0 fully saturated rings. The summed E-state index contributed by atoms with van der Waals surface area (Å²) in [5, 5.41) is 6.94. The van der Waals surface area contributed by atoms with Crippen molar-refractivity contribution < 1.29 is 4.74 Å². The molecular formula is C8H12ClNO. The van der Waals surface area contributed by atoms with E-state index in [0.717, 1.165) is 0 Å². The predicted molar refractivity (Wildman–Crippen MR) is 48.3 cm³/mol. The average Bonchev–Trinajstić information content (AvgIpc) is 1.99. The molecule has 0 bridgehead atoms. The molecule has 1 N–H and O–H groups in total. The van der Waals surface area contributed by atoms with Crippen LogP contribution in [0.5, 0.6) is 0 Å². The number of halogens is 1. The zero-order valence-electron chi connectivity index (χ0n) is 6.73. The number of allylic oxidation sites excluding steroid dienone is 2. The summed E-state index contributed by atoms with van der Waals surface area (Å²) in [5.74, 6) is 0. The molecule has 0 aromatic carbocycles. The molecule has 0 amide bonds. The smallest absolute Gasteiger partial charge is 0.127 e. The molecule has 2 nitrogen and oxygen atoms in total. The Hall–Kier alpha value is -0.600. The van der Waals surface area contributed by atoms with Crippen molar-refractivity contribution in [3.63, 3.8) is 0 Å². The van der Waals surface area contributed by atoms with E-state index in [0.29, 0.717) is 5.57 Å². The minimum absolute atomic E-state index is 0.0303. The van der Waals surface area contributed by atoms with Gasteiger partial charge in [0, 0.05) is 12.7 Å². The van der Waals surface area contributed by atoms with E-state index in [4.69, 9.17) is 21.7 Å². The van der Waals surface area contributed by atoms with Crippen LogP contribution in [0, 0.1) is 5.41 Å². The molecule has 0 aliphatic carbocycles. The Morgan fingerprint density at radius 1 is 1.73 bits per heavy atom. The van der Waals surface area contributed by atoms with Gasteiger partial charge in [-0.1, -0.05) is 30.3 Å². The Bertz CT molecular complexity index is 187. The van der Waals surface area contributed by atoms with Crippen LogP contribution in [0.4, 0.5) is 0 Å². The van der Waals surface area contributed by atoms with Crippen LogP contribution in [0.25, 0.3) is 0 Å². The van der Waals surface area contributed by atoms with Crippen molar-refractivity contribution >= 4 is 16.8 Å². The van der Waals surface area contributed by atoms with E-state index < -0.39 is 0 Å². The Labute approximate surface area is 72.0 Å². The number of hydrogen-bond donors (Lipinski definition) is 1. The van der Waals surface area contributed by atoms with Gasteiger partial charge in [-0.3, -0.25) is 5.41 Å². The molecule has 62 valence electrons. The summed E-state index contributed by atoms with van der Waals surface area (Å²) in [5.41, 5.74) is 0.496. The summed E-state index contributed by atoms with van der Waals surface area (Å²) in [7, 11) is 1.61. The fraction of sp³-hybridized carbons (Fsp3) is 0.375. The van der Waals surface area contributed by atoms with E-state index in [1.807, 2.05) is 6.92 Å². The first-order valence-electron chi connectivity index (χ1n) is 3.22. The summed E-state index contributed by atoms with van der Waals surface area (Å²) in [4.78, 5) is 0. The van der Waals surface area contributed by atoms with E-state index >= 15 is 0 Å². The molecule has 11 heavy (non-hydrogen) atoms. The number of ether oxygens (including phenoxy) is 1. The van der Waals surface area contributed by atoms with Gasteiger partial charge in [0.2, 0.25) is 0 Å². The van der Waals surface area contributed by atoms with Gasteiger partial charge in [-0.2, -0.15) is 0 Å². The van der Waals surface area contributed by atoms with Crippen molar-refractivity contribution in [2.75, 3.05) is 7.11 Å². The first kappa shape index (κ1) is 10.4. The molecule has 0 aromatic rings. The number of rotatable bonds is 4. The highest BCUT2D eigenvalue weighted by Gasteiger charge is 1.94. The third kappa shape index (κ3) is 4.76. The topological polar surface area (TPSA) is 33.1 Å². The minimum atomic E-state index is -0.0375. The van der Waals surface area contributed by atoms with Gasteiger partial charge in [-0.25, -0.2) is 0 Å². The number of methoxy groups -OCH3 is 1. The Balaban J connectivity index is 3.93. The van der Waals surface area contributed by atoms with E-state index in [2.05, 4.69) is 6.58 Å². The van der Waals surface area contributed by atoms with Gasteiger partial charge in [-0.15, -0.1) is 0 Å². The van der Waals surface area contributed by atoms with Crippen molar-refractivity contribution in [2.24, 2.45) is 0 Å². The Morgan fingerprint density at radius 2 is 2.27 bits per heavy atom. The van der Waals surface area contributed by atoms with Crippen LogP contribution < -0.4 is 0 Å². The predicted octanol–water partition coefficient (Wildman–Crippen LogP) is 2.35. The summed E-state index contributed by atoms with van der Waals surface area (Å²) < 4.78 is 4.94. The normalized spacial score (nSPS) is 13.4. The second-order valence-electron chi connectivity index (χ2n) is 2.14. The van der Waals surface area contributed by atoms with Crippen LogP contribution >= 0.6 is 11.6 Å². The zero-order valence-corrected chi connectivity index (χ0v) is 7.48. The van der Waals surface area contributed by atoms with Crippen molar-refractivity contribution in [2.45, 2.75) is 13.0 Å². The van der Waals surface area contributed by atoms with Crippen LogP contribution in [0.2, 0.25) is 0 Å². The highest BCUT2D eigenvalue weighted by Crippen LogP contribution is 2.01. The lowest BCUT2D eigenvalue weighted by molar-refractivity contribution is 0.156. The van der Waals surface area contributed by atoms with Crippen LogP contribution in [0.1, 0.15) is 6.92 Å². The summed E-state index contributed by atoms with van der Waals surface area (Å²) in [6.07, 6.45) is 3.49. The molecule has 0 spiro atoms. The van der Waals surface area contributed by atoms with Crippen molar-refractivity contribution in [3.05, 3.63) is 24.3 Å². The van der Waals surface area contributed by atoms with E-state index in [1.165, 1.54) is 0 Å². The summed E-state index contributed by atoms with van der Waals surface area (Å²) >= 11 is 5.35. The maximum Gasteiger partial charge on any atom is 0.127 e. The van der Waals surface area contributed by atoms with Gasteiger partial charge in [0.1, 0.15) is 5.17 Å². The van der Waals surface area contributed by atoms with Crippen molar-refractivity contribution in [1.29, 1.82) is 5.41 Å². The molecular weight excluding hydrogens is 162 g/mol. The third-order valence-corrected chi connectivity index (χ3v) is 1.46. The maximum atomic E-state index is 6.98. The van der Waals surface area contributed by atoms with Crippen molar-refractivity contribution in [3.8, 4) is 0 Å². The highest BCUT2D eigenvalue weighted by molar-refractivity contribution is 6.69. The Kier molecular flexibility index (Phi) is 4.83. The van der Waals surface area contributed by atoms with Crippen LogP contribution in [-0.2, 0) is 4.74 Å². The second-order valence-corrected chi connectivity index (χ2v) is 2.52. The highest BCUT2D eigenvalue weighted by atomic mass is 35.5. The zero-order chi connectivity index (χ0) is 8.85. The second kappa shape index (κ2) is 5.10. The molecule has 0 saturated carbocycles. The molecule has 1 unspecified atom stereocenters. The molecule has 3 heteroatoms. The van der Waals surface area contributed by atoms with Gasteiger partial charge in [0.05, 0.1) is 6.10 Å². The lowest BCUT2D eigenvalue weighted by Crippen LogP contribution is -1.99. The Morgan fingerprint density at radius 3 is 2.64 bits per heavy atom. The molecule has 0 aliphatic rings. The molecule has 0 heterocycles. The first-order valence-corrected chi connectivity index (χ1v) is 3.60. The summed E-state index contributed by atoms with van der Waals surface area (Å²) in [6, 6.07) is 0. The quantitative estimate of drug-likeness (QED) is 0.514. The van der Waals surface area contributed by atoms with E-state index in [-0.39, 0.29) is 11.3 Å². The average molecular weight is 174 g/mol. The van der Waals surface area contributed by atoms with Gasteiger partial charge >= 0.3 is 0 Å². The van der Waals surface area contributed by atoms with Crippen molar-refractivity contribution in [1.82, 2.24) is 0 Å². The lowest BCUT2D eigenvalue weighted by Gasteiger charge is -2.01. The minimum Gasteiger partial charge on any atom is -0.378 e. The SMILES string of the molecule is C=C(/C=C\C(C)OC)C(=N)Cl. The maximum absolute atomic E-state index is 6.98. The largest absolute Gasteiger partial charge is 0.378 e. The van der Waals surface area contributed by atoms with Gasteiger partial charge in [0.25, 0.3) is 0 Å². The molecule has 0 aromatic heterocycles. The van der Waals surface area contributed by atoms with Crippen LogP contribution in [0.3, 0.4) is 0 Å². The fourth-order valence-corrected chi connectivity index (χ4v) is 0.466.